The topological polar surface area (TPSA) is 189 Å². The van der Waals surface area contributed by atoms with E-state index in [4.69, 9.17) is 9.47 Å². The molecule has 6 N–H and O–H groups in total. The van der Waals surface area contributed by atoms with Crippen LogP contribution < -0.4 is 26.6 Å². The predicted octanol–water partition coefficient (Wildman–Crippen LogP) is 4.69. The van der Waals surface area contributed by atoms with Crippen LogP contribution in [0.25, 0.3) is 0 Å². The molecule has 14 heteroatoms. The Balaban J connectivity index is 1.10. The lowest BCUT2D eigenvalue weighted by Crippen LogP contribution is -2.28. The molecule has 0 radical (unpaired) electrons. The smallest absolute Gasteiger partial charge is 0.335 e. The van der Waals surface area contributed by atoms with E-state index in [1.54, 1.807) is 36.4 Å². The maximum absolute atomic E-state index is 12.7. The second-order valence-electron chi connectivity index (χ2n) is 11.6. The third kappa shape index (κ3) is 12.3. The summed E-state index contributed by atoms with van der Waals surface area (Å²) < 4.78 is 11.2. The summed E-state index contributed by atoms with van der Waals surface area (Å²) >= 11 is 0. The Morgan fingerprint density at radius 2 is 1.29 bits per heavy atom. The van der Waals surface area contributed by atoms with Crippen LogP contribution in [0.5, 0.6) is 0 Å². The number of carboxylic acids is 1. The largest absolute Gasteiger partial charge is 0.478 e. The van der Waals surface area contributed by atoms with Crippen LogP contribution >= 0.6 is 0 Å². The quantitative estimate of drug-likeness (QED) is 0.0697. The molecule has 0 saturated carbocycles. The summed E-state index contributed by atoms with van der Waals surface area (Å²) in [6.07, 6.45) is 7.61. The number of hydrogen-bond donors (Lipinski definition) is 6. The van der Waals surface area contributed by atoms with Gasteiger partial charge in [0.15, 0.2) is 0 Å². The summed E-state index contributed by atoms with van der Waals surface area (Å²) in [6, 6.07) is 23.2. The van der Waals surface area contributed by atoms with Crippen LogP contribution in [0.1, 0.15) is 44.7 Å². The number of aromatic nitrogens is 3. The van der Waals surface area contributed by atoms with Crippen LogP contribution in [0.4, 0.5) is 23.5 Å². The maximum Gasteiger partial charge on any atom is 0.335 e. The van der Waals surface area contributed by atoms with E-state index in [1.807, 2.05) is 48.6 Å². The van der Waals surface area contributed by atoms with E-state index in [2.05, 4.69) is 41.5 Å². The Morgan fingerprint density at radius 1 is 0.635 bits per heavy atom. The molecule has 2 amide bonds. The number of hydrogen-bond acceptors (Lipinski definition) is 11. The molecule has 0 bridgehead atoms. The van der Waals surface area contributed by atoms with Gasteiger partial charge in [-0.3, -0.25) is 9.59 Å². The van der Waals surface area contributed by atoms with Crippen molar-refractivity contribution < 1.29 is 29.0 Å². The number of nitrogens with one attached hydrogen (secondary N) is 5. The second-order valence-corrected chi connectivity index (χ2v) is 11.6. The number of ether oxygens (including phenoxy) is 2. The van der Waals surface area contributed by atoms with Gasteiger partial charge in [-0.1, -0.05) is 60.7 Å². The van der Waals surface area contributed by atoms with Crippen LogP contribution in [0.2, 0.25) is 0 Å². The van der Waals surface area contributed by atoms with Crippen molar-refractivity contribution in [3.8, 4) is 0 Å². The van der Waals surface area contributed by atoms with E-state index in [-0.39, 0.29) is 29.3 Å². The van der Waals surface area contributed by atoms with Crippen molar-refractivity contribution in [2.45, 2.75) is 25.9 Å². The van der Waals surface area contributed by atoms with Gasteiger partial charge in [0.1, 0.15) is 0 Å². The number of carboxylic acid groups (broad SMARTS) is 1. The lowest BCUT2D eigenvalue weighted by atomic mass is 10.1. The van der Waals surface area contributed by atoms with E-state index >= 15 is 0 Å². The zero-order valence-corrected chi connectivity index (χ0v) is 28.6. The number of aromatic carboxylic acids is 1. The maximum atomic E-state index is 12.7. The fourth-order valence-electron chi connectivity index (χ4n) is 4.93. The highest BCUT2D eigenvalue weighted by atomic mass is 16.5. The zero-order valence-electron chi connectivity index (χ0n) is 28.6. The Bertz CT molecular complexity index is 1830. The fourth-order valence-corrected chi connectivity index (χ4v) is 4.93. The fraction of sp³-hybridized carbons (Fsp3) is 0.263. The lowest BCUT2D eigenvalue weighted by molar-refractivity contribution is -0.117. The normalized spacial score (nSPS) is 12.0. The molecule has 1 aliphatic carbocycles. The van der Waals surface area contributed by atoms with Crippen molar-refractivity contribution in [1.29, 1.82) is 0 Å². The number of allylic oxidation sites excluding steroid dienone is 2. The molecular formula is C38H42N8O6. The number of carbonyl (C=O) groups excluding carboxylic acids is 2. The molecule has 1 aromatic heterocycles. The summed E-state index contributed by atoms with van der Waals surface area (Å²) in [6.45, 7) is 3.10. The SMILES string of the molecule is O=C(NCCOCCOCCNc1nc(NCc2ccc(C(=O)O)cc2)nc(Nc2ccc(C(=O)NCc3ccccc3)cc2)n1)C1=CCCC=C1. The first kappa shape index (κ1) is 37.1. The minimum Gasteiger partial charge on any atom is -0.478 e. The van der Waals surface area contributed by atoms with Gasteiger partial charge in [-0.15, -0.1) is 0 Å². The van der Waals surface area contributed by atoms with Crippen molar-refractivity contribution in [3.05, 3.63) is 125 Å². The molecule has 0 atom stereocenters. The summed E-state index contributed by atoms with van der Waals surface area (Å²) in [7, 11) is 0. The van der Waals surface area contributed by atoms with Crippen molar-refractivity contribution in [2.75, 3.05) is 55.5 Å². The van der Waals surface area contributed by atoms with Crippen LogP contribution in [-0.2, 0) is 27.4 Å². The molecule has 14 nitrogen and oxygen atoms in total. The minimum absolute atomic E-state index is 0.0941. The highest BCUT2D eigenvalue weighted by Gasteiger charge is 2.11. The molecule has 270 valence electrons. The highest BCUT2D eigenvalue weighted by molar-refractivity contribution is 5.96. The van der Waals surface area contributed by atoms with Gasteiger partial charge < -0.3 is 41.2 Å². The van der Waals surface area contributed by atoms with Gasteiger partial charge in [-0.05, 0) is 60.4 Å². The van der Waals surface area contributed by atoms with E-state index in [0.717, 1.165) is 24.0 Å². The molecule has 1 aliphatic rings. The summed E-state index contributed by atoms with van der Waals surface area (Å²) in [5.74, 6) is -0.420. The number of amides is 2. The van der Waals surface area contributed by atoms with Gasteiger partial charge in [0, 0.05) is 43.0 Å². The van der Waals surface area contributed by atoms with Crippen molar-refractivity contribution in [2.24, 2.45) is 0 Å². The molecule has 0 saturated heterocycles. The molecule has 0 unspecified atom stereocenters. The van der Waals surface area contributed by atoms with Gasteiger partial charge in [-0.2, -0.15) is 15.0 Å². The minimum atomic E-state index is -0.993. The number of nitrogens with zero attached hydrogens (tertiary/aromatic N) is 3. The van der Waals surface area contributed by atoms with E-state index in [1.165, 1.54) is 12.1 Å². The van der Waals surface area contributed by atoms with Crippen molar-refractivity contribution >= 4 is 41.3 Å². The Kier molecular flexibility index (Phi) is 14.2. The molecule has 1 heterocycles. The van der Waals surface area contributed by atoms with Gasteiger partial charge in [0.25, 0.3) is 11.8 Å². The van der Waals surface area contributed by atoms with Crippen molar-refractivity contribution in [1.82, 2.24) is 25.6 Å². The van der Waals surface area contributed by atoms with Crippen LogP contribution in [0.15, 0.2) is 103 Å². The number of carbonyl (C=O) groups is 3. The number of benzene rings is 3. The number of rotatable bonds is 20. The van der Waals surface area contributed by atoms with Gasteiger partial charge in [-0.25, -0.2) is 4.79 Å². The van der Waals surface area contributed by atoms with Crippen LogP contribution in [0.3, 0.4) is 0 Å². The Hall–Kier alpha value is -6.12. The predicted molar refractivity (Wildman–Crippen MR) is 197 cm³/mol. The Labute approximate surface area is 301 Å². The van der Waals surface area contributed by atoms with Crippen LogP contribution in [0, 0.1) is 0 Å². The molecule has 3 aromatic carbocycles. The van der Waals surface area contributed by atoms with E-state index in [0.29, 0.717) is 75.4 Å². The average Bonchev–Trinajstić information content (AvgIpc) is 3.18. The molecule has 4 aromatic rings. The average molecular weight is 707 g/mol. The first-order chi connectivity index (χ1) is 25.4. The molecule has 5 rings (SSSR count). The monoisotopic (exact) mass is 706 g/mol. The first-order valence-electron chi connectivity index (χ1n) is 17.0. The molecule has 0 aliphatic heterocycles. The van der Waals surface area contributed by atoms with Crippen LogP contribution in [-0.4, -0.2) is 77.4 Å². The number of anilines is 4. The summed E-state index contributed by atoms with van der Waals surface area (Å²) in [4.78, 5) is 49.5. The molecule has 0 spiro atoms. The van der Waals surface area contributed by atoms with Crippen molar-refractivity contribution in [3.63, 3.8) is 0 Å². The van der Waals surface area contributed by atoms with Gasteiger partial charge in [0.2, 0.25) is 17.8 Å². The van der Waals surface area contributed by atoms with Gasteiger partial charge >= 0.3 is 5.97 Å². The third-order valence-electron chi connectivity index (χ3n) is 7.68. The lowest BCUT2D eigenvalue weighted by Gasteiger charge is -2.12. The first-order valence-corrected chi connectivity index (χ1v) is 17.0. The Morgan fingerprint density at radius 3 is 1.98 bits per heavy atom. The molecular weight excluding hydrogens is 664 g/mol. The van der Waals surface area contributed by atoms with E-state index in [9.17, 15) is 19.5 Å². The third-order valence-corrected chi connectivity index (χ3v) is 7.68. The molecule has 52 heavy (non-hydrogen) atoms. The summed E-state index contributed by atoms with van der Waals surface area (Å²) in [5, 5.41) is 24.4. The van der Waals surface area contributed by atoms with Gasteiger partial charge in [0.05, 0.1) is 32.0 Å². The summed E-state index contributed by atoms with van der Waals surface area (Å²) in [5.41, 5.74) is 3.91. The second kappa shape index (κ2) is 19.9. The van der Waals surface area contributed by atoms with E-state index < -0.39 is 5.97 Å². The highest BCUT2D eigenvalue weighted by Crippen LogP contribution is 2.18. The zero-order chi connectivity index (χ0) is 36.4. The standard InChI is InChI=1S/C38H42N8O6/c47-33(29-9-5-2-6-10-29)39-19-21-51-23-24-52-22-20-40-36-44-37(42-26-28-11-13-31(14-12-28)35(49)50)46-38(45-36)43-32-17-15-30(16-18-32)34(48)41-25-27-7-3-1-4-8-27/h1,3-5,7-18H,2,6,19-26H2,(H,39,47)(H,41,48)(H,49,50)(H3,40,42,43,44,45,46). The molecule has 0 fully saturated rings.